The zero-order chi connectivity index (χ0) is 42.0. The van der Waals surface area contributed by atoms with Gasteiger partial charge in [-0.3, -0.25) is 9.80 Å². The topological polar surface area (TPSA) is 59.1 Å². The normalized spacial score (nSPS) is 11.6. The molecule has 6 heteroatoms. The first kappa shape index (κ1) is 54.1. The lowest BCUT2D eigenvalue weighted by Gasteiger charge is -2.23. The van der Waals surface area contributed by atoms with Crippen molar-refractivity contribution < 1.29 is 19.1 Å². The average Bonchev–Trinajstić information content (AvgIpc) is 3.23. The number of carbonyl (C=O) groups excluding carboxylic acids is 2. The molecular weight excluding hydrogens is 717 g/mol. The molecule has 1 aromatic carbocycles. The van der Waals surface area contributed by atoms with Crippen LogP contribution in [0.15, 0.2) is 24.3 Å². The monoisotopic (exact) mass is 813 g/mol. The molecule has 0 bridgehead atoms. The average molecular weight is 813 g/mol. The van der Waals surface area contributed by atoms with Crippen LogP contribution in [0.5, 0.6) is 0 Å². The number of nitrogens with zero attached hydrogens (tertiary/aromatic N) is 2. The molecule has 0 atom stereocenters. The minimum atomic E-state index is -0.433. The zero-order valence-electron chi connectivity index (χ0n) is 39.1. The molecule has 0 aliphatic rings. The molecule has 0 aliphatic heterocycles. The lowest BCUT2D eigenvalue weighted by Crippen LogP contribution is -2.31. The van der Waals surface area contributed by atoms with Crippen molar-refractivity contribution >= 4 is 11.9 Å². The second kappa shape index (κ2) is 41.8. The fraction of sp³-hybridized carbons (Fsp3) is 0.846. The molecule has 0 heterocycles. The van der Waals surface area contributed by atoms with E-state index in [0.717, 1.165) is 39.3 Å². The summed E-state index contributed by atoms with van der Waals surface area (Å²) in [5.41, 5.74) is 0.611. The molecule has 0 fully saturated rings. The van der Waals surface area contributed by atoms with E-state index >= 15 is 0 Å². The summed E-state index contributed by atoms with van der Waals surface area (Å²) in [6, 6.07) is 7.02. The van der Waals surface area contributed by atoms with Crippen LogP contribution in [-0.4, -0.2) is 74.2 Å². The summed E-state index contributed by atoms with van der Waals surface area (Å²) in [6.45, 7) is 15.5. The minimum absolute atomic E-state index is 0.305. The summed E-state index contributed by atoms with van der Waals surface area (Å²) in [7, 11) is 0. The van der Waals surface area contributed by atoms with Gasteiger partial charge in [-0.05, 0) is 64.0 Å². The highest BCUT2D eigenvalue weighted by Crippen LogP contribution is 2.16. The molecule has 0 aromatic heterocycles. The maximum Gasteiger partial charge on any atom is 0.339 e. The molecule has 0 saturated carbocycles. The highest BCUT2D eigenvalue weighted by atomic mass is 16.5. The summed E-state index contributed by atoms with van der Waals surface area (Å²) in [5, 5.41) is 0. The molecule has 1 rings (SSSR count). The van der Waals surface area contributed by atoms with E-state index in [4.69, 9.17) is 9.47 Å². The molecule has 338 valence electrons. The van der Waals surface area contributed by atoms with Crippen molar-refractivity contribution in [2.75, 3.05) is 52.5 Å². The molecule has 6 nitrogen and oxygen atoms in total. The van der Waals surface area contributed by atoms with Crippen LogP contribution in [0.4, 0.5) is 0 Å². The molecule has 58 heavy (non-hydrogen) atoms. The maximum atomic E-state index is 13.4. The van der Waals surface area contributed by atoms with Crippen molar-refractivity contribution in [1.82, 2.24) is 9.80 Å². The zero-order valence-corrected chi connectivity index (χ0v) is 39.1. The van der Waals surface area contributed by atoms with E-state index in [9.17, 15) is 9.59 Å². The molecule has 0 unspecified atom stereocenters. The number of carbonyl (C=O) groups is 2. The smallest absolute Gasteiger partial charge is 0.339 e. The van der Waals surface area contributed by atoms with E-state index in [1.54, 1.807) is 24.3 Å². The summed E-state index contributed by atoms with van der Waals surface area (Å²) in [4.78, 5) is 31.8. The molecular formula is C52H96N2O4. The molecule has 0 saturated heterocycles. The number of rotatable bonds is 44. The Kier molecular flexibility index (Phi) is 39.0. The first-order chi connectivity index (χ1) is 28.6. The minimum Gasteiger partial charge on any atom is -0.461 e. The van der Waals surface area contributed by atoms with E-state index < -0.39 is 11.9 Å². The van der Waals surface area contributed by atoms with E-state index in [1.807, 2.05) is 0 Å². The molecule has 0 aliphatic carbocycles. The van der Waals surface area contributed by atoms with E-state index in [1.165, 1.54) is 205 Å². The van der Waals surface area contributed by atoms with Gasteiger partial charge in [-0.15, -0.1) is 0 Å². The predicted octanol–water partition coefficient (Wildman–Crippen LogP) is 15.2. The SMILES string of the molecule is CCCCCCCCCCN(CCCCCCCCCC)CCOC(=O)c1ccccc1C(=O)OCCN(CCCCCCCCCC)CCCCCCCCCC. The quantitative estimate of drug-likeness (QED) is 0.0483. The Morgan fingerprint density at radius 1 is 0.345 bits per heavy atom. The van der Waals surface area contributed by atoms with Crippen molar-refractivity contribution in [1.29, 1.82) is 0 Å². The second-order valence-corrected chi connectivity index (χ2v) is 17.4. The standard InChI is InChI=1S/C52H96N2O4/c1-5-9-13-17-21-25-29-35-41-53(42-36-30-26-22-18-14-10-6-2)45-47-57-51(55)49-39-33-34-40-50(49)52(56)58-48-46-54(43-37-31-27-23-19-15-11-7-3)44-38-32-28-24-20-16-12-8-4/h33-34,39-40H,5-32,35-38,41-48H2,1-4H3. The van der Waals surface area contributed by atoms with Crippen LogP contribution in [0.3, 0.4) is 0 Å². The van der Waals surface area contributed by atoms with Crippen LogP contribution < -0.4 is 0 Å². The van der Waals surface area contributed by atoms with Gasteiger partial charge in [-0.1, -0.05) is 220 Å². The van der Waals surface area contributed by atoms with Crippen LogP contribution in [0, 0.1) is 0 Å². The van der Waals surface area contributed by atoms with Gasteiger partial charge >= 0.3 is 11.9 Å². The third-order valence-electron chi connectivity index (χ3n) is 12.0. The first-order valence-corrected chi connectivity index (χ1v) is 25.4. The fourth-order valence-corrected chi connectivity index (χ4v) is 8.08. The predicted molar refractivity (Wildman–Crippen MR) is 250 cm³/mol. The Labute approximate surface area is 360 Å². The second-order valence-electron chi connectivity index (χ2n) is 17.4. The highest BCUT2D eigenvalue weighted by molar-refractivity contribution is 6.03. The van der Waals surface area contributed by atoms with Gasteiger partial charge < -0.3 is 9.47 Å². The lowest BCUT2D eigenvalue weighted by atomic mass is 10.1. The largest absolute Gasteiger partial charge is 0.461 e. The van der Waals surface area contributed by atoms with Crippen LogP contribution in [0.2, 0.25) is 0 Å². The Hall–Kier alpha value is -1.92. The third-order valence-corrected chi connectivity index (χ3v) is 12.0. The summed E-state index contributed by atoms with van der Waals surface area (Å²) in [6.07, 6.45) is 42.0. The van der Waals surface area contributed by atoms with Gasteiger partial charge in [-0.25, -0.2) is 9.59 Å². The van der Waals surface area contributed by atoms with Crippen molar-refractivity contribution in [2.24, 2.45) is 0 Å². The van der Waals surface area contributed by atoms with E-state index in [-0.39, 0.29) is 0 Å². The van der Waals surface area contributed by atoms with Gasteiger partial charge in [0.25, 0.3) is 0 Å². The highest BCUT2D eigenvalue weighted by Gasteiger charge is 2.20. The van der Waals surface area contributed by atoms with Gasteiger partial charge in [-0.2, -0.15) is 0 Å². The lowest BCUT2D eigenvalue weighted by molar-refractivity contribution is 0.0413. The fourth-order valence-electron chi connectivity index (χ4n) is 8.08. The Bertz CT molecular complexity index is 927. The van der Waals surface area contributed by atoms with Crippen LogP contribution in [0.1, 0.15) is 254 Å². The molecule has 0 N–H and O–H groups in total. The number of benzene rings is 1. The van der Waals surface area contributed by atoms with Crippen molar-refractivity contribution in [3.8, 4) is 0 Å². The Balaban J connectivity index is 2.63. The van der Waals surface area contributed by atoms with Gasteiger partial charge in [0.1, 0.15) is 13.2 Å². The summed E-state index contributed by atoms with van der Waals surface area (Å²) >= 11 is 0. The number of ether oxygens (including phenoxy) is 2. The van der Waals surface area contributed by atoms with Crippen molar-refractivity contribution in [3.63, 3.8) is 0 Å². The number of hydrogen-bond donors (Lipinski definition) is 0. The first-order valence-electron chi connectivity index (χ1n) is 25.4. The van der Waals surface area contributed by atoms with Crippen molar-refractivity contribution in [3.05, 3.63) is 35.4 Å². The number of unbranched alkanes of at least 4 members (excludes halogenated alkanes) is 28. The number of hydrogen-bond acceptors (Lipinski definition) is 6. The van der Waals surface area contributed by atoms with E-state index in [2.05, 4.69) is 37.5 Å². The maximum absolute atomic E-state index is 13.4. The molecule has 0 radical (unpaired) electrons. The van der Waals surface area contributed by atoms with Crippen LogP contribution in [-0.2, 0) is 9.47 Å². The van der Waals surface area contributed by atoms with E-state index in [0.29, 0.717) is 24.3 Å². The Morgan fingerprint density at radius 3 is 0.810 bits per heavy atom. The summed E-state index contributed by atoms with van der Waals surface area (Å²) in [5.74, 6) is -0.865. The van der Waals surface area contributed by atoms with Gasteiger partial charge in [0.05, 0.1) is 11.1 Å². The molecule has 1 aromatic rings. The van der Waals surface area contributed by atoms with Crippen LogP contribution >= 0.6 is 0 Å². The summed E-state index contributed by atoms with van der Waals surface area (Å²) < 4.78 is 11.7. The van der Waals surface area contributed by atoms with Crippen LogP contribution in [0.25, 0.3) is 0 Å². The molecule has 0 amide bonds. The van der Waals surface area contributed by atoms with Gasteiger partial charge in [0, 0.05) is 13.1 Å². The Morgan fingerprint density at radius 2 is 0.569 bits per heavy atom. The van der Waals surface area contributed by atoms with Gasteiger partial charge in [0.2, 0.25) is 0 Å². The third kappa shape index (κ3) is 31.9. The number of esters is 2. The van der Waals surface area contributed by atoms with Gasteiger partial charge in [0.15, 0.2) is 0 Å². The molecule has 0 spiro atoms. The van der Waals surface area contributed by atoms with Crippen molar-refractivity contribution in [2.45, 2.75) is 233 Å².